The van der Waals surface area contributed by atoms with Gasteiger partial charge < -0.3 is 9.88 Å². The number of nitrogens with one attached hydrogen (secondary N) is 1. The first-order chi connectivity index (χ1) is 6.33. The second kappa shape index (κ2) is 3.46. The molecule has 72 valence electrons. The number of aromatic nitrogens is 3. The lowest BCUT2D eigenvalue weighted by Gasteiger charge is -2.24. The third-order valence-corrected chi connectivity index (χ3v) is 2.80. The van der Waals surface area contributed by atoms with Crippen LogP contribution in [0.25, 0.3) is 0 Å². The highest BCUT2D eigenvalue weighted by atomic mass is 15.3. The maximum absolute atomic E-state index is 4.23. The standard InChI is InChI=1S/C9H16N4/c1-10-6-8-11-12-9(13(8)2)7-4-3-5-7/h7,10H,3-6H2,1-2H3. The van der Waals surface area contributed by atoms with E-state index >= 15 is 0 Å². The van der Waals surface area contributed by atoms with Crippen molar-refractivity contribution in [3.63, 3.8) is 0 Å². The maximum atomic E-state index is 4.23. The molecule has 0 spiro atoms. The fourth-order valence-electron chi connectivity index (χ4n) is 1.71. The highest BCUT2D eigenvalue weighted by Crippen LogP contribution is 2.34. The van der Waals surface area contributed by atoms with E-state index in [1.807, 2.05) is 7.05 Å². The first kappa shape index (κ1) is 8.69. The molecular weight excluding hydrogens is 164 g/mol. The Morgan fingerprint density at radius 1 is 1.46 bits per heavy atom. The molecule has 1 saturated carbocycles. The molecule has 0 atom stereocenters. The average Bonchev–Trinajstić information content (AvgIpc) is 2.34. The molecule has 4 heteroatoms. The van der Waals surface area contributed by atoms with E-state index in [1.165, 1.54) is 19.3 Å². The molecule has 1 aliphatic carbocycles. The number of hydrogen-bond donors (Lipinski definition) is 1. The zero-order chi connectivity index (χ0) is 9.26. The lowest BCUT2D eigenvalue weighted by Crippen LogP contribution is -2.16. The molecule has 0 aliphatic heterocycles. The lowest BCUT2D eigenvalue weighted by atomic mass is 9.85. The molecule has 1 aliphatic rings. The molecule has 0 bridgehead atoms. The van der Waals surface area contributed by atoms with Gasteiger partial charge in [-0.1, -0.05) is 6.42 Å². The van der Waals surface area contributed by atoms with Crippen LogP contribution in [0.15, 0.2) is 0 Å². The fraction of sp³-hybridized carbons (Fsp3) is 0.778. The van der Waals surface area contributed by atoms with Crippen LogP contribution in [0.4, 0.5) is 0 Å². The van der Waals surface area contributed by atoms with E-state index in [4.69, 9.17) is 0 Å². The van der Waals surface area contributed by atoms with Crippen molar-refractivity contribution in [2.75, 3.05) is 7.05 Å². The van der Waals surface area contributed by atoms with Crippen molar-refractivity contribution in [2.24, 2.45) is 7.05 Å². The molecule has 0 aromatic carbocycles. The molecule has 0 saturated heterocycles. The Morgan fingerprint density at radius 2 is 2.23 bits per heavy atom. The molecular formula is C9H16N4. The Labute approximate surface area is 78.4 Å². The quantitative estimate of drug-likeness (QED) is 0.748. The minimum Gasteiger partial charge on any atom is -0.317 e. The van der Waals surface area contributed by atoms with Crippen molar-refractivity contribution in [1.29, 1.82) is 0 Å². The van der Waals surface area contributed by atoms with Crippen molar-refractivity contribution >= 4 is 0 Å². The molecule has 1 fully saturated rings. The molecule has 0 amide bonds. The van der Waals surface area contributed by atoms with Gasteiger partial charge in [0.15, 0.2) is 0 Å². The Balaban J connectivity index is 2.17. The summed E-state index contributed by atoms with van der Waals surface area (Å²) in [5.41, 5.74) is 0. The molecule has 4 nitrogen and oxygen atoms in total. The molecule has 1 aromatic heterocycles. The van der Waals surface area contributed by atoms with Gasteiger partial charge in [-0.05, 0) is 19.9 Å². The maximum Gasteiger partial charge on any atom is 0.146 e. The van der Waals surface area contributed by atoms with Gasteiger partial charge in [0.05, 0.1) is 6.54 Å². The first-order valence-electron chi connectivity index (χ1n) is 4.85. The molecule has 0 unspecified atom stereocenters. The second-order valence-corrected chi connectivity index (χ2v) is 3.69. The van der Waals surface area contributed by atoms with Crippen LogP contribution in [0.5, 0.6) is 0 Å². The van der Waals surface area contributed by atoms with Crippen LogP contribution in [0.1, 0.15) is 36.8 Å². The molecule has 13 heavy (non-hydrogen) atoms. The van der Waals surface area contributed by atoms with Crippen LogP contribution < -0.4 is 5.32 Å². The van der Waals surface area contributed by atoms with Crippen molar-refractivity contribution in [1.82, 2.24) is 20.1 Å². The summed E-state index contributed by atoms with van der Waals surface area (Å²) in [6.07, 6.45) is 3.91. The Morgan fingerprint density at radius 3 is 2.77 bits per heavy atom. The zero-order valence-corrected chi connectivity index (χ0v) is 8.25. The van der Waals surface area contributed by atoms with Crippen LogP contribution in [0.3, 0.4) is 0 Å². The van der Waals surface area contributed by atoms with Crippen molar-refractivity contribution in [2.45, 2.75) is 31.7 Å². The summed E-state index contributed by atoms with van der Waals surface area (Å²) < 4.78 is 2.13. The van der Waals surface area contributed by atoms with Gasteiger partial charge in [0, 0.05) is 13.0 Å². The van der Waals surface area contributed by atoms with E-state index in [0.29, 0.717) is 5.92 Å². The van der Waals surface area contributed by atoms with Gasteiger partial charge in [-0.15, -0.1) is 10.2 Å². The van der Waals surface area contributed by atoms with Crippen LogP contribution in [0.2, 0.25) is 0 Å². The minimum atomic E-state index is 0.670. The number of hydrogen-bond acceptors (Lipinski definition) is 3. The largest absolute Gasteiger partial charge is 0.317 e. The fourth-order valence-corrected chi connectivity index (χ4v) is 1.71. The van der Waals surface area contributed by atoms with Gasteiger partial charge in [-0.2, -0.15) is 0 Å². The third-order valence-electron chi connectivity index (χ3n) is 2.80. The predicted octanol–water partition coefficient (Wildman–Crippen LogP) is 0.802. The highest BCUT2D eigenvalue weighted by Gasteiger charge is 2.24. The van der Waals surface area contributed by atoms with Gasteiger partial charge >= 0.3 is 0 Å². The van der Waals surface area contributed by atoms with Gasteiger partial charge in [-0.25, -0.2) is 0 Å². The Bertz CT molecular complexity index is 288. The van der Waals surface area contributed by atoms with E-state index in [-0.39, 0.29) is 0 Å². The average molecular weight is 180 g/mol. The van der Waals surface area contributed by atoms with Crippen molar-refractivity contribution < 1.29 is 0 Å². The van der Waals surface area contributed by atoms with Crippen molar-refractivity contribution in [3.8, 4) is 0 Å². The van der Waals surface area contributed by atoms with E-state index in [2.05, 4.69) is 27.1 Å². The Hall–Kier alpha value is -0.900. The van der Waals surface area contributed by atoms with E-state index in [9.17, 15) is 0 Å². The zero-order valence-electron chi connectivity index (χ0n) is 8.25. The molecule has 1 aromatic rings. The summed E-state index contributed by atoms with van der Waals surface area (Å²) in [7, 11) is 3.98. The summed E-state index contributed by atoms with van der Waals surface area (Å²) in [4.78, 5) is 0. The molecule has 0 radical (unpaired) electrons. The minimum absolute atomic E-state index is 0.670. The second-order valence-electron chi connectivity index (χ2n) is 3.69. The van der Waals surface area contributed by atoms with Gasteiger partial charge in [-0.3, -0.25) is 0 Å². The summed E-state index contributed by atoms with van der Waals surface area (Å²) in [5, 5.41) is 11.5. The summed E-state index contributed by atoms with van der Waals surface area (Å²) in [6.45, 7) is 0.802. The van der Waals surface area contributed by atoms with Gasteiger partial charge in [0.2, 0.25) is 0 Å². The van der Waals surface area contributed by atoms with Crippen LogP contribution in [-0.4, -0.2) is 21.8 Å². The van der Waals surface area contributed by atoms with Crippen LogP contribution in [-0.2, 0) is 13.6 Å². The molecule has 2 rings (SSSR count). The monoisotopic (exact) mass is 180 g/mol. The molecule has 1 N–H and O–H groups in total. The first-order valence-corrected chi connectivity index (χ1v) is 4.85. The normalized spacial score (nSPS) is 17.4. The third kappa shape index (κ3) is 1.46. The van der Waals surface area contributed by atoms with Crippen molar-refractivity contribution in [3.05, 3.63) is 11.6 Å². The highest BCUT2D eigenvalue weighted by molar-refractivity contribution is 5.04. The predicted molar refractivity (Wildman–Crippen MR) is 50.4 cm³/mol. The summed E-state index contributed by atoms with van der Waals surface area (Å²) >= 11 is 0. The Kier molecular flexibility index (Phi) is 2.31. The summed E-state index contributed by atoms with van der Waals surface area (Å²) in [5.74, 6) is 2.86. The SMILES string of the molecule is CNCc1nnc(C2CCC2)n1C. The van der Waals surface area contributed by atoms with E-state index < -0.39 is 0 Å². The van der Waals surface area contributed by atoms with Gasteiger partial charge in [0.25, 0.3) is 0 Å². The van der Waals surface area contributed by atoms with E-state index in [1.54, 1.807) is 0 Å². The van der Waals surface area contributed by atoms with Gasteiger partial charge in [0.1, 0.15) is 11.6 Å². The number of rotatable bonds is 3. The summed E-state index contributed by atoms with van der Waals surface area (Å²) in [6, 6.07) is 0. The van der Waals surface area contributed by atoms with Crippen LogP contribution in [0, 0.1) is 0 Å². The van der Waals surface area contributed by atoms with Crippen LogP contribution >= 0.6 is 0 Å². The lowest BCUT2D eigenvalue weighted by molar-refractivity contribution is 0.391. The molecule has 1 heterocycles. The number of nitrogens with zero attached hydrogens (tertiary/aromatic N) is 3. The smallest absolute Gasteiger partial charge is 0.146 e. The van der Waals surface area contributed by atoms with E-state index in [0.717, 1.165) is 18.2 Å². The topological polar surface area (TPSA) is 42.7 Å².